The number of carbonyl (C=O) groups is 1. The van der Waals surface area contributed by atoms with E-state index in [1.807, 2.05) is 47.4 Å². The molecule has 4 rings (SSSR count). The molecule has 2 unspecified atom stereocenters. The van der Waals surface area contributed by atoms with Crippen molar-refractivity contribution in [2.75, 3.05) is 12.4 Å². The zero-order valence-electron chi connectivity index (χ0n) is 15.9. The van der Waals surface area contributed by atoms with Crippen LogP contribution >= 0.6 is 0 Å². The molecule has 1 aliphatic heterocycles. The fraction of sp³-hybridized carbons (Fsp3) is 0.261. The first-order valence-electron chi connectivity index (χ1n) is 9.39. The van der Waals surface area contributed by atoms with Gasteiger partial charge in [0.05, 0.1) is 12.7 Å². The second-order valence-corrected chi connectivity index (χ2v) is 6.96. The Morgan fingerprint density at radius 2 is 1.81 bits per heavy atom. The molecule has 0 bridgehead atoms. The molecule has 0 radical (unpaired) electrons. The molecule has 3 aromatic carbocycles. The third-order valence-electron chi connectivity index (χ3n) is 5.45. The Morgan fingerprint density at radius 3 is 2.59 bits per heavy atom. The second-order valence-electron chi connectivity index (χ2n) is 6.96. The summed E-state index contributed by atoms with van der Waals surface area (Å²) in [5, 5.41) is 5.82. The van der Waals surface area contributed by atoms with Gasteiger partial charge in [0.1, 0.15) is 11.9 Å². The van der Waals surface area contributed by atoms with Crippen LogP contribution in [0.3, 0.4) is 0 Å². The first-order chi connectivity index (χ1) is 13.2. The van der Waals surface area contributed by atoms with Gasteiger partial charge in [-0.1, -0.05) is 49.4 Å². The van der Waals surface area contributed by atoms with Gasteiger partial charge in [0.2, 0.25) is 0 Å². The number of benzene rings is 3. The Bertz CT molecular complexity index is 999. The van der Waals surface area contributed by atoms with E-state index in [2.05, 4.69) is 37.4 Å². The molecule has 0 aliphatic carbocycles. The van der Waals surface area contributed by atoms with Gasteiger partial charge in [-0.3, -0.25) is 4.79 Å². The monoisotopic (exact) mass is 360 g/mol. The molecule has 1 heterocycles. The summed E-state index contributed by atoms with van der Waals surface area (Å²) in [5.74, 6) is 0.838. The molecular weight excluding hydrogens is 336 g/mol. The molecule has 138 valence electrons. The van der Waals surface area contributed by atoms with Gasteiger partial charge in [-0.05, 0) is 42.3 Å². The Morgan fingerprint density at radius 1 is 1.07 bits per heavy atom. The fourth-order valence-electron chi connectivity index (χ4n) is 3.87. The van der Waals surface area contributed by atoms with Crippen LogP contribution in [0.25, 0.3) is 10.8 Å². The number of nitrogens with one attached hydrogen (secondary N) is 1. The van der Waals surface area contributed by atoms with E-state index in [9.17, 15) is 4.79 Å². The SMILES string of the molecule is CCC(C)N1C(=O)c2ccccc2NC1c1c(OC)ccc2ccccc12. The summed E-state index contributed by atoms with van der Waals surface area (Å²) >= 11 is 0. The average Bonchev–Trinajstić information content (AvgIpc) is 2.72. The number of amides is 1. The maximum absolute atomic E-state index is 13.4. The quantitative estimate of drug-likeness (QED) is 0.694. The van der Waals surface area contributed by atoms with Gasteiger partial charge in [-0.15, -0.1) is 0 Å². The smallest absolute Gasteiger partial charge is 0.258 e. The molecule has 0 saturated carbocycles. The minimum absolute atomic E-state index is 0.0543. The largest absolute Gasteiger partial charge is 0.496 e. The first kappa shape index (κ1) is 17.4. The number of methoxy groups -OCH3 is 1. The average molecular weight is 360 g/mol. The van der Waals surface area contributed by atoms with Crippen molar-refractivity contribution < 1.29 is 9.53 Å². The minimum Gasteiger partial charge on any atom is -0.496 e. The molecule has 0 spiro atoms. The molecule has 27 heavy (non-hydrogen) atoms. The van der Waals surface area contributed by atoms with Crippen LogP contribution in [-0.2, 0) is 0 Å². The maximum Gasteiger partial charge on any atom is 0.258 e. The number of hydrogen-bond acceptors (Lipinski definition) is 3. The Labute approximate surface area is 159 Å². The number of carbonyl (C=O) groups excluding carboxylic acids is 1. The number of para-hydroxylation sites is 1. The zero-order valence-corrected chi connectivity index (χ0v) is 15.9. The lowest BCUT2D eigenvalue weighted by Gasteiger charge is -2.42. The zero-order chi connectivity index (χ0) is 19.0. The van der Waals surface area contributed by atoms with Crippen molar-refractivity contribution in [2.24, 2.45) is 0 Å². The summed E-state index contributed by atoms with van der Waals surface area (Å²) in [6.07, 6.45) is 0.586. The topological polar surface area (TPSA) is 41.6 Å². The van der Waals surface area contributed by atoms with Crippen molar-refractivity contribution in [3.8, 4) is 5.75 Å². The highest BCUT2D eigenvalue weighted by Crippen LogP contribution is 2.41. The lowest BCUT2D eigenvalue weighted by Crippen LogP contribution is -2.47. The summed E-state index contributed by atoms with van der Waals surface area (Å²) in [6.45, 7) is 4.20. The van der Waals surface area contributed by atoms with Crippen molar-refractivity contribution in [2.45, 2.75) is 32.5 Å². The highest BCUT2D eigenvalue weighted by Gasteiger charge is 2.37. The fourth-order valence-corrected chi connectivity index (χ4v) is 3.87. The Kier molecular flexibility index (Phi) is 4.48. The standard InChI is InChI=1S/C23H24N2O2/c1-4-15(2)25-22(24-19-12-8-7-11-18(19)23(25)26)21-17-10-6-5-9-16(17)13-14-20(21)27-3/h5-15,22,24H,4H2,1-3H3. The third kappa shape index (κ3) is 2.81. The van der Waals surface area contributed by atoms with Crippen molar-refractivity contribution in [1.29, 1.82) is 0 Å². The second kappa shape index (κ2) is 6.95. The van der Waals surface area contributed by atoms with Crippen LogP contribution in [0.2, 0.25) is 0 Å². The number of rotatable bonds is 4. The van der Waals surface area contributed by atoms with Crippen molar-refractivity contribution in [3.05, 3.63) is 71.8 Å². The van der Waals surface area contributed by atoms with Gasteiger partial charge in [-0.25, -0.2) is 0 Å². The van der Waals surface area contributed by atoms with Crippen LogP contribution in [0.4, 0.5) is 5.69 Å². The van der Waals surface area contributed by atoms with E-state index < -0.39 is 0 Å². The van der Waals surface area contributed by atoms with Crippen molar-refractivity contribution in [3.63, 3.8) is 0 Å². The van der Waals surface area contributed by atoms with Gasteiger partial charge < -0.3 is 15.0 Å². The van der Waals surface area contributed by atoms with Gasteiger partial charge >= 0.3 is 0 Å². The van der Waals surface area contributed by atoms with E-state index in [-0.39, 0.29) is 18.1 Å². The Balaban J connectivity index is 1.96. The predicted octanol–water partition coefficient (Wildman–Crippen LogP) is 5.21. The van der Waals surface area contributed by atoms with Crippen LogP contribution in [0.5, 0.6) is 5.75 Å². The van der Waals surface area contributed by atoms with Crippen molar-refractivity contribution in [1.82, 2.24) is 4.90 Å². The molecule has 4 heteroatoms. The van der Waals surface area contributed by atoms with E-state index in [4.69, 9.17) is 4.74 Å². The molecule has 4 nitrogen and oxygen atoms in total. The van der Waals surface area contributed by atoms with Gasteiger partial charge in [0.15, 0.2) is 0 Å². The van der Waals surface area contributed by atoms with Gasteiger partial charge in [0, 0.05) is 17.3 Å². The third-order valence-corrected chi connectivity index (χ3v) is 5.45. The molecular formula is C23H24N2O2. The summed E-state index contributed by atoms with van der Waals surface area (Å²) < 4.78 is 5.71. The van der Waals surface area contributed by atoms with Gasteiger partial charge in [0.25, 0.3) is 5.91 Å². The van der Waals surface area contributed by atoms with E-state index in [1.54, 1.807) is 7.11 Å². The van der Waals surface area contributed by atoms with Crippen LogP contribution in [0, 0.1) is 0 Å². The molecule has 2 atom stereocenters. The normalized spacial score (nSPS) is 17.4. The number of nitrogens with zero attached hydrogens (tertiary/aromatic N) is 1. The highest BCUT2D eigenvalue weighted by molar-refractivity contribution is 6.02. The van der Waals surface area contributed by atoms with Crippen LogP contribution in [0.15, 0.2) is 60.7 Å². The minimum atomic E-state index is -0.289. The maximum atomic E-state index is 13.4. The summed E-state index contributed by atoms with van der Waals surface area (Å²) in [6, 6.07) is 20.1. The summed E-state index contributed by atoms with van der Waals surface area (Å²) in [7, 11) is 1.68. The first-order valence-corrected chi connectivity index (χ1v) is 9.39. The predicted molar refractivity (Wildman–Crippen MR) is 109 cm³/mol. The molecule has 1 aliphatic rings. The molecule has 0 aromatic heterocycles. The number of anilines is 1. The van der Waals surface area contributed by atoms with E-state index in [0.29, 0.717) is 5.56 Å². The van der Waals surface area contributed by atoms with Crippen LogP contribution in [0.1, 0.15) is 42.4 Å². The highest BCUT2D eigenvalue weighted by atomic mass is 16.5. The van der Waals surface area contributed by atoms with Crippen molar-refractivity contribution >= 4 is 22.4 Å². The Hall–Kier alpha value is -3.01. The summed E-state index contributed by atoms with van der Waals surface area (Å²) in [5.41, 5.74) is 2.58. The molecule has 3 aromatic rings. The molecule has 1 amide bonds. The lowest BCUT2D eigenvalue weighted by molar-refractivity contribution is 0.0593. The lowest BCUT2D eigenvalue weighted by atomic mass is 9.96. The number of hydrogen-bond donors (Lipinski definition) is 1. The number of ether oxygens (including phenoxy) is 1. The van der Waals surface area contributed by atoms with Crippen LogP contribution in [-0.4, -0.2) is 24.0 Å². The molecule has 0 saturated heterocycles. The van der Waals surface area contributed by atoms with Crippen LogP contribution < -0.4 is 10.1 Å². The van der Waals surface area contributed by atoms with E-state index in [0.717, 1.165) is 34.2 Å². The number of fused-ring (bicyclic) bond motifs is 2. The molecule has 0 fully saturated rings. The van der Waals surface area contributed by atoms with E-state index in [1.165, 1.54) is 0 Å². The van der Waals surface area contributed by atoms with Gasteiger partial charge in [-0.2, -0.15) is 0 Å². The molecule has 1 N–H and O–H groups in total. The van der Waals surface area contributed by atoms with E-state index >= 15 is 0 Å². The summed E-state index contributed by atoms with van der Waals surface area (Å²) in [4.78, 5) is 15.3.